The lowest BCUT2D eigenvalue weighted by Gasteiger charge is -2.20. The van der Waals surface area contributed by atoms with Gasteiger partial charge in [0.1, 0.15) is 5.75 Å². The van der Waals surface area contributed by atoms with Crippen molar-refractivity contribution in [3.05, 3.63) is 34.7 Å². The Hall–Kier alpha value is -1.75. The monoisotopic (exact) mass is 344 g/mol. The van der Waals surface area contributed by atoms with E-state index in [0.29, 0.717) is 11.5 Å². The van der Waals surface area contributed by atoms with Crippen molar-refractivity contribution in [3.63, 3.8) is 0 Å². The van der Waals surface area contributed by atoms with Crippen molar-refractivity contribution in [2.45, 2.75) is 39.0 Å². The summed E-state index contributed by atoms with van der Waals surface area (Å²) in [5.41, 5.74) is 0.939. The number of para-hydroxylation sites is 1. The molecule has 0 N–H and O–H groups in total. The SMILES string of the molecule is CCCOc1ccccc1/C=C1\SC(N2CCCCCC2)=NC1=O. The number of benzene rings is 1. The molecule has 24 heavy (non-hydrogen) atoms. The van der Waals surface area contributed by atoms with Crippen molar-refractivity contribution in [1.82, 2.24) is 4.90 Å². The number of thioether (sulfide) groups is 1. The Labute approximate surface area is 148 Å². The van der Waals surface area contributed by atoms with Crippen molar-refractivity contribution in [2.75, 3.05) is 19.7 Å². The van der Waals surface area contributed by atoms with E-state index in [1.165, 1.54) is 37.4 Å². The van der Waals surface area contributed by atoms with Crippen LogP contribution < -0.4 is 4.74 Å². The van der Waals surface area contributed by atoms with Gasteiger partial charge in [0.15, 0.2) is 5.17 Å². The van der Waals surface area contributed by atoms with Gasteiger partial charge in [-0.3, -0.25) is 4.79 Å². The average molecular weight is 344 g/mol. The van der Waals surface area contributed by atoms with E-state index in [2.05, 4.69) is 16.8 Å². The molecule has 0 aromatic heterocycles. The van der Waals surface area contributed by atoms with Crippen LogP contribution in [-0.2, 0) is 4.79 Å². The second kappa shape index (κ2) is 8.38. The topological polar surface area (TPSA) is 41.9 Å². The predicted molar refractivity (Wildman–Crippen MR) is 100 cm³/mol. The first-order chi connectivity index (χ1) is 11.8. The van der Waals surface area contributed by atoms with E-state index in [-0.39, 0.29) is 5.91 Å². The number of hydrogen-bond acceptors (Lipinski definition) is 4. The quantitative estimate of drug-likeness (QED) is 0.763. The molecular formula is C19H24N2O2S. The summed E-state index contributed by atoms with van der Waals surface area (Å²) in [4.78, 5) is 19.5. The lowest BCUT2D eigenvalue weighted by molar-refractivity contribution is -0.113. The van der Waals surface area contributed by atoms with E-state index in [0.717, 1.165) is 36.0 Å². The summed E-state index contributed by atoms with van der Waals surface area (Å²) in [6.07, 6.45) is 7.77. The molecule has 2 heterocycles. The first-order valence-electron chi connectivity index (χ1n) is 8.77. The first kappa shape index (κ1) is 17.1. The highest BCUT2D eigenvalue weighted by Gasteiger charge is 2.26. The molecule has 1 fully saturated rings. The third kappa shape index (κ3) is 4.20. The summed E-state index contributed by atoms with van der Waals surface area (Å²) in [6, 6.07) is 7.85. The average Bonchev–Trinajstić information content (AvgIpc) is 2.80. The lowest BCUT2D eigenvalue weighted by atomic mass is 10.2. The predicted octanol–water partition coefficient (Wildman–Crippen LogP) is 4.32. The Morgan fingerprint density at radius 1 is 1.21 bits per heavy atom. The van der Waals surface area contributed by atoms with E-state index in [1.54, 1.807) is 0 Å². The van der Waals surface area contributed by atoms with Gasteiger partial charge in [-0.1, -0.05) is 38.0 Å². The molecule has 0 aliphatic carbocycles. The molecule has 2 aliphatic heterocycles. The summed E-state index contributed by atoms with van der Waals surface area (Å²) in [5.74, 6) is 0.688. The molecular weight excluding hydrogens is 320 g/mol. The van der Waals surface area contributed by atoms with Crippen LogP contribution in [0.25, 0.3) is 6.08 Å². The Bertz CT molecular complexity index is 647. The van der Waals surface area contributed by atoms with Gasteiger partial charge in [0, 0.05) is 18.7 Å². The molecule has 1 amide bonds. The largest absolute Gasteiger partial charge is 0.493 e. The van der Waals surface area contributed by atoms with Crippen LogP contribution in [0.15, 0.2) is 34.2 Å². The van der Waals surface area contributed by atoms with Crippen LogP contribution in [0, 0.1) is 0 Å². The van der Waals surface area contributed by atoms with Crippen LogP contribution in [0.5, 0.6) is 5.75 Å². The van der Waals surface area contributed by atoms with Gasteiger partial charge in [0.05, 0.1) is 11.5 Å². The highest BCUT2D eigenvalue weighted by atomic mass is 32.2. The number of amides is 1. The van der Waals surface area contributed by atoms with Crippen molar-refractivity contribution >= 4 is 28.9 Å². The molecule has 1 aromatic rings. The minimum absolute atomic E-state index is 0.135. The number of carbonyl (C=O) groups is 1. The molecule has 2 aliphatic rings. The minimum Gasteiger partial charge on any atom is -0.493 e. The molecule has 5 heteroatoms. The number of carbonyl (C=O) groups excluding carboxylic acids is 1. The van der Waals surface area contributed by atoms with E-state index in [9.17, 15) is 4.79 Å². The Morgan fingerprint density at radius 3 is 2.71 bits per heavy atom. The van der Waals surface area contributed by atoms with Crippen LogP contribution in [0.1, 0.15) is 44.6 Å². The highest BCUT2D eigenvalue weighted by Crippen LogP contribution is 2.33. The molecule has 0 unspecified atom stereocenters. The minimum atomic E-state index is -0.135. The number of nitrogens with zero attached hydrogens (tertiary/aromatic N) is 2. The molecule has 0 spiro atoms. The second-order valence-corrected chi connectivity index (χ2v) is 7.11. The second-order valence-electron chi connectivity index (χ2n) is 6.10. The molecule has 3 rings (SSSR count). The summed E-state index contributed by atoms with van der Waals surface area (Å²) < 4.78 is 5.78. The van der Waals surface area contributed by atoms with E-state index < -0.39 is 0 Å². The van der Waals surface area contributed by atoms with Gasteiger partial charge in [-0.2, -0.15) is 4.99 Å². The maximum Gasteiger partial charge on any atom is 0.286 e. The first-order valence-corrected chi connectivity index (χ1v) is 9.59. The highest BCUT2D eigenvalue weighted by molar-refractivity contribution is 8.18. The summed E-state index contributed by atoms with van der Waals surface area (Å²) in [6.45, 7) is 4.76. The van der Waals surface area contributed by atoms with Crippen LogP contribution in [-0.4, -0.2) is 35.7 Å². The van der Waals surface area contributed by atoms with Crippen molar-refractivity contribution in [1.29, 1.82) is 0 Å². The molecule has 4 nitrogen and oxygen atoms in total. The third-order valence-corrected chi connectivity index (χ3v) is 5.20. The van der Waals surface area contributed by atoms with Gasteiger partial charge in [-0.25, -0.2) is 0 Å². The lowest BCUT2D eigenvalue weighted by Crippen LogP contribution is -2.28. The van der Waals surface area contributed by atoms with Gasteiger partial charge in [-0.05, 0) is 43.2 Å². The molecule has 0 atom stereocenters. The normalized spacial score (nSPS) is 20.2. The number of ether oxygens (including phenoxy) is 1. The Morgan fingerprint density at radius 2 is 1.96 bits per heavy atom. The van der Waals surface area contributed by atoms with E-state index >= 15 is 0 Å². The molecule has 128 valence electrons. The number of hydrogen-bond donors (Lipinski definition) is 0. The van der Waals surface area contributed by atoms with Crippen LogP contribution >= 0.6 is 11.8 Å². The summed E-state index contributed by atoms with van der Waals surface area (Å²) >= 11 is 1.49. The molecule has 0 saturated carbocycles. The maximum absolute atomic E-state index is 12.3. The van der Waals surface area contributed by atoms with Crippen LogP contribution in [0.3, 0.4) is 0 Å². The number of rotatable bonds is 4. The zero-order valence-electron chi connectivity index (χ0n) is 14.2. The molecule has 0 radical (unpaired) electrons. The van der Waals surface area contributed by atoms with Gasteiger partial charge in [-0.15, -0.1) is 0 Å². The van der Waals surface area contributed by atoms with Crippen molar-refractivity contribution in [3.8, 4) is 5.75 Å². The maximum atomic E-state index is 12.3. The van der Waals surface area contributed by atoms with Crippen molar-refractivity contribution < 1.29 is 9.53 Å². The van der Waals surface area contributed by atoms with Gasteiger partial charge in [0.25, 0.3) is 5.91 Å². The van der Waals surface area contributed by atoms with Crippen LogP contribution in [0.2, 0.25) is 0 Å². The van der Waals surface area contributed by atoms with Gasteiger partial charge >= 0.3 is 0 Å². The summed E-state index contributed by atoms with van der Waals surface area (Å²) in [7, 11) is 0. The fourth-order valence-corrected chi connectivity index (χ4v) is 3.84. The summed E-state index contributed by atoms with van der Waals surface area (Å²) in [5, 5.41) is 0.861. The van der Waals surface area contributed by atoms with E-state index in [1.807, 2.05) is 30.3 Å². The standard InChI is InChI=1S/C19H24N2O2S/c1-2-13-23-16-10-6-5-9-15(16)14-17-18(22)20-19(24-17)21-11-7-3-4-8-12-21/h5-6,9-10,14H,2-4,7-8,11-13H2,1H3/b17-14-. The molecule has 1 saturated heterocycles. The Balaban J connectivity index is 1.74. The fraction of sp³-hybridized carbons (Fsp3) is 0.474. The van der Waals surface area contributed by atoms with Gasteiger partial charge in [0.2, 0.25) is 0 Å². The van der Waals surface area contributed by atoms with E-state index in [4.69, 9.17) is 4.74 Å². The number of aliphatic imine (C=N–C) groups is 1. The number of amidine groups is 1. The zero-order chi connectivity index (χ0) is 16.8. The zero-order valence-corrected chi connectivity index (χ0v) is 15.0. The molecule has 0 bridgehead atoms. The number of likely N-dealkylation sites (tertiary alicyclic amines) is 1. The third-order valence-electron chi connectivity index (χ3n) is 4.15. The molecule has 1 aromatic carbocycles. The Kier molecular flexibility index (Phi) is 5.96. The van der Waals surface area contributed by atoms with Crippen molar-refractivity contribution in [2.24, 2.45) is 4.99 Å². The fourth-order valence-electron chi connectivity index (χ4n) is 2.88. The van der Waals surface area contributed by atoms with Gasteiger partial charge < -0.3 is 9.64 Å². The van der Waals surface area contributed by atoms with Crippen LogP contribution in [0.4, 0.5) is 0 Å². The smallest absolute Gasteiger partial charge is 0.286 e.